The van der Waals surface area contributed by atoms with Gasteiger partial charge in [-0.15, -0.1) is 0 Å². The zero-order chi connectivity index (χ0) is 53.5. The third kappa shape index (κ3) is 57.5. The Balaban J connectivity index is 4.13. The van der Waals surface area contributed by atoms with E-state index in [2.05, 4.69) is 79.9 Å². The van der Waals surface area contributed by atoms with Gasteiger partial charge in [-0.1, -0.05) is 273 Å². The van der Waals surface area contributed by atoms with Gasteiger partial charge in [-0.25, -0.2) is 4.57 Å². The zero-order valence-electron chi connectivity index (χ0n) is 48.6. The Hall–Kier alpha value is -2.06. The number of aliphatic hydroxyl groups excluding tert-OH is 1. The molecule has 426 valence electrons. The van der Waals surface area contributed by atoms with Crippen molar-refractivity contribution in [2.75, 3.05) is 40.9 Å². The van der Waals surface area contributed by atoms with Gasteiger partial charge in [-0.3, -0.25) is 13.8 Å². The highest BCUT2D eigenvalue weighted by Gasteiger charge is 2.27. The van der Waals surface area contributed by atoms with Crippen LogP contribution in [0.3, 0.4) is 0 Å². The van der Waals surface area contributed by atoms with E-state index >= 15 is 0 Å². The minimum Gasteiger partial charge on any atom is -0.387 e. The Labute approximate surface area is 453 Å². The fourth-order valence-corrected chi connectivity index (χ4v) is 9.61. The number of quaternary nitrogens is 1. The number of phosphoric acid groups is 1. The number of allylic oxidation sites excluding steroid dienone is 11. The van der Waals surface area contributed by atoms with E-state index in [9.17, 15) is 19.4 Å². The van der Waals surface area contributed by atoms with Gasteiger partial charge in [0.15, 0.2) is 0 Å². The summed E-state index contributed by atoms with van der Waals surface area (Å²) in [5.74, 6) is -0.185. The Kier molecular flexibility index (Phi) is 53.2. The predicted octanol–water partition coefficient (Wildman–Crippen LogP) is 19.0. The summed E-state index contributed by atoms with van der Waals surface area (Å²) >= 11 is 0. The molecule has 0 saturated heterocycles. The number of rotatable bonds is 56. The molecule has 0 aliphatic carbocycles. The van der Waals surface area contributed by atoms with E-state index in [1.165, 1.54) is 193 Å². The lowest BCUT2D eigenvalue weighted by molar-refractivity contribution is -0.870. The van der Waals surface area contributed by atoms with Gasteiger partial charge in [0.05, 0.1) is 39.9 Å². The van der Waals surface area contributed by atoms with Crippen LogP contribution < -0.4 is 5.32 Å². The lowest BCUT2D eigenvalue weighted by Gasteiger charge is -2.25. The van der Waals surface area contributed by atoms with E-state index < -0.39 is 20.0 Å². The third-order valence-electron chi connectivity index (χ3n) is 13.7. The number of hydrogen-bond donors (Lipinski definition) is 3. The molecule has 9 heteroatoms. The molecular weight excluding hydrogens is 924 g/mol. The first kappa shape index (κ1) is 70.9. The molecule has 3 atom stereocenters. The topological polar surface area (TPSA) is 105 Å². The first-order valence-electron chi connectivity index (χ1n) is 30.8. The number of phosphoric ester groups is 1. The van der Waals surface area contributed by atoms with E-state index in [0.717, 1.165) is 64.2 Å². The second kappa shape index (κ2) is 54.7. The molecule has 3 unspecified atom stereocenters. The standard InChI is InChI=1S/C64H119N2O6P/c1-6-8-10-12-14-16-18-20-22-24-26-28-29-30-31-32-33-34-35-36-37-38-40-42-44-46-48-50-52-54-56-58-64(68)65-62(61-72-73(69,70)71-60-59-66(3,4)5)63(67)57-55-53-51-49-47-45-43-41-39-27-25-23-21-19-17-15-13-11-9-7-2/h8,10,14,16,20,22,26,28,47,49,55,57,62-63,67H,6-7,9,11-13,15,17-19,21,23-25,27,29-46,48,50-54,56,58-61H2,1-5H3,(H-,65,68,69,70)/p+1/b10-8-,16-14-,22-20-,28-26-,49-47+,57-55+. The number of hydrogen-bond acceptors (Lipinski definition) is 5. The number of carbonyl (C=O) groups is 1. The highest BCUT2D eigenvalue weighted by Crippen LogP contribution is 2.43. The molecular formula is C64H120N2O6P+. The molecule has 0 aliphatic heterocycles. The van der Waals surface area contributed by atoms with Gasteiger partial charge in [0.1, 0.15) is 13.2 Å². The molecule has 0 bridgehead atoms. The Morgan fingerprint density at radius 1 is 0.479 bits per heavy atom. The summed E-state index contributed by atoms with van der Waals surface area (Å²) in [4.78, 5) is 23.3. The first-order valence-corrected chi connectivity index (χ1v) is 32.3. The maximum atomic E-state index is 13.0. The molecule has 3 N–H and O–H groups in total. The molecule has 0 rings (SSSR count). The molecule has 0 aromatic rings. The third-order valence-corrected chi connectivity index (χ3v) is 14.6. The highest BCUT2D eigenvalue weighted by molar-refractivity contribution is 7.47. The van der Waals surface area contributed by atoms with Gasteiger partial charge in [0, 0.05) is 6.42 Å². The molecule has 0 spiro atoms. The van der Waals surface area contributed by atoms with E-state index in [1.54, 1.807) is 6.08 Å². The maximum absolute atomic E-state index is 13.0. The Bertz CT molecular complexity index is 1420. The number of unbranched alkanes of at least 4 members (excludes halogenated alkanes) is 33. The summed E-state index contributed by atoms with van der Waals surface area (Å²) in [6, 6.07) is -0.866. The van der Waals surface area contributed by atoms with Crippen LogP contribution in [0, 0.1) is 0 Å². The van der Waals surface area contributed by atoms with Crippen LogP contribution in [0.4, 0.5) is 0 Å². The van der Waals surface area contributed by atoms with Gasteiger partial charge in [0.25, 0.3) is 0 Å². The normalized spacial score (nSPS) is 14.3. The quantitative estimate of drug-likeness (QED) is 0.0243. The molecule has 0 heterocycles. The smallest absolute Gasteiger partial charge is 0.387 e. The monoisotopic (exact) mass is 1040 g/mol. The average molecular weight is 1040 g/mol. The number of likely N-dealkylation sites (N-methyl/N-ethyl adjacent to an activating group) is 1. The number of nitrogens with one attached hydrogen (secondary N) is 1. The summed E-state index contributed by atoms with van der Waals surface area (Å²) in [7, 11) is 1.56. The van der Waals surface area contributed by atoms with Crippen LogP contribution in [0.2, 0.25) is 0 Å². The lowest BCUT2D eigenvalue weighted by Crippen LogP contribution is -2.45. The van der Waals surface area contributed by atoms with Crippen LogP contribution in [0.25, 0.3) is 0 Å². The molecule has 0 aromatic carbocycles. The van der Waals surface area contributed by atoms with E-state index in [1.807, 2.05) is 27.2 Å². The number of nitrogens with zero attached hydrogens (tertiary/aromatic N) is 1. The Morgan fingerprint density at radius 2 is 0.836 bits per heavy atom. The van der Waals surface area contributed by atoms with Crippen LogP contribution in [0.5, 0.6) is 0 Å². The van der Waals surface area contributed by atoms with Crippen molar-refractivity contribution < 1.29 is 32.9 Å². The SMILES string of the molecule is CC/C=C\C/C=C\C/C=C\C/C=C\CCCCCCCCCCCCCCCCCCCCC(=O)NC(COP(=O)(O)OCC[N+](C)(C)C)C(O)/C=C/CC/C=C/CCCCCCCCCCCCCCCC. The van der Waals surface area contributed by atoms with Crippen molar-refractivity contribution in [3.63, 3.8) is 0 Å². The fourth-order valence-electron chi connectivity index (χ4n) is 8.87. The van der Waals surface area contributed by atoms with Crippen molar-refractivity contribution in [3.8, 4) is 0 Å². The molecule has 0 aromatic heterocycles. The average Bonchev–Trinajstić information content (AvgIpc) is 3.35. The minimum absolute atomic E-state index is 0.0553. The molecule has 0 saturated carbocycles. The maximum Gasteiger partial charge on any atom is 0.472 e. The van der Waals surface area contributed by atoms with Crippen LogP contribution >= 0.6 is 7.82 Å². The van der Waals surface area contributed by atoms with Gasteiger partial charge >= 0.3 is 7.82 Å². The first-order chi connectivity index (χ1) is 35.5. The predicted molar refractivity (Wildman–Crippen MR) is 318 cm³/mol. The van der Waals surface area contributed by atoms with Crippen molar-refractivity contribution >= 4 is 13.7 Å². The lowest BCUT2D eigenvalue weighted by atomic mass is 10.0. The summed E-state index contributed by atoms with van der Waals surface area (Å²) in [5, 5.41) is 13.9. The van der Waals surface area contributed by atoms with Crippen molar-refractivity contribution in [2.45, 2.75) is 289 Å². The van der Waals surface area contributed by atoms with Crippen LogP contribution in [0.1, 0.15) is 277 Å². The van der Waals surface area contributed by atoms with Crippen molar-refractivity contribution in [1.29, 1.82) is 0 Å². The summed E-state index contributed by atoms with van der Waals surface area (Å²) in [6.07, 6.45) is 75.9. The summed E-state index contributed by atoms with van der Waals surface area (Å²) < 4.78 is 23.7. The second-order valence-electron chi connectivity index (χ2n) is 22.0. The van der Waals surface area contributed by atoms with Crippen LogP contribution in [-0.2, 0) is 18.4 Å². The number of aliphatic hydroxyl groups is 1. The van der Waals surface area contributed by atoms with Gasteiger partial charge < -0.3 is 19.8 Å². The summed E-state index contributed by atoms with van der Waals surface area (Å²) in [5.41, 5.74) is 0. The molecule has 8 nitrogen and oxygen atoms in total. The molecule has 0 fully saturated rings. The van der Waals surface area contributed by atoms with Crippen molar-refractivity contribution in [3.05, 3.63) is 72.9 Å². The largest absolute Gasteiger partial charge is 0.472 e. The zero-order valence-corrected chi connectivity index (χ0v) is 49.5. The highest BCUT2D eigenvalue weighted by atomic mass is 31.2. The Morgan fingerprint density at radius 3 is 1.26 bits per heavy atom. The number of amides is 1. The van der Waals surface area contributed by atoms with Crippen LogP contribution in [0.15, 0.2) is 72.9 Å². The van der Waals surface area contributed by atoms with Crippen molar-refractivity contribution in [1.82, 2.24) is 5.32 Å². The minimum atomic E-state index is -4.36. The molecule has 1 amide bonds. The number of carbonyl (C=O) groups excluding carboxylic acids is 1. The molecule has 0 aliphatic rings. The van der Waals surface area contributed by atoms with Crippen LogP contribution in [-0.4, -0.2) is 73.4 Å². The summed E-state index contributed by atoms with van der Waals surface area (Å²) in [6.45, 7) is 4.71. The van der Waals surface area contributed by atoms with E-state index in [4.69, 9.17) is 9.05 Å². The van der Waals surface area contributed by atoms with Gasteiger partial charge in [-0.2, -0.15) is 0 Å². The second-order valence-corrected chi connectivity index (χ2v) is 23.5. The van der Waals surface area contributed by atoms with Gasteiger partial charge in [-0.05, 0) is 70.6 Å². The van der Waals surface area contributed by atoms with E-state index in [-0.39, 0.29) is 19.1 Å². The molecule has 0 radical (unpaired) electrons. The molecule has 73 heavy (non-hydrogen) atoms. The van der Waals surface area contributed by atoms with E-state index in [0.29, 0.717) is 17.4 Å². The van der Waals surface area contributed by atoms with Crippen molar-refractivity contribution in [2.24, 2.45) is 0 Å². The van der Waals surface area contributed by atoms with Gasteiger partial charge in [0.2, 0.25) is 5.91 Å². The fraction of sp³-hybridized carbons (Fsp3) is 0.797.